The largest absolute Gasteiger partial charge is 0.311 e. The third-order valence-electron chi connectivity index (χ3n) is 1.96. The number of carbonyl (C=O) groups excluding carboxylic acids is 1. The Labute approximate surface area is 75.6 Å². The van der Waals surface area contributed by atoms with Gasteiger partial charge >= 0.3 is 0 Å². The second-order valence-electron chi connectivity index (χ2n) is 2.89. The molecule has 2 aliphatic heterocycles. The number of hydrogen-bond acceptors (Lipinski definition) is 5. The predicted octanol–water partition coefficient (Wildman–Crippen LogP) is -0.510. The molecule has 2 aliphatic rings. The molecule has 3 N–H and O–H groups in total. The van der Waals surface area contributed by atoms with Crippen molar-refractivity contribution in [2.24, 2.45) is 10.7 Å². The minimum absolute atomic E-state index is 0.0510. The van der Waals surface area contributed by atoms with Gasteiger partial charge in [0.15, 0.2) is 11.6 Å². The number of hydrazine groups is 1. The van der Waals surface area contributed by atoms with E-state index in [9.17, 15) is 4.79 Å². The first kappa shape index (κ1) is 8.15. The van der Waals surface area contributed by atoms with E-state index < -0.39 is 6.17 Å². The number of fused-ring (bicyclic) bond motifs is 1. The number of carbonyl (C=O) groups is 1. The van der Waals surface area contributed by atoms with Crippen molar-refractivity contribution in [3.05, 3.63) is 23.7 Å². The van der Waals surface area contributed by atoms with E-state index in [1.165, 1.54) is 6.92 Å². The summed E-state index contributed by atoms with van der Waals surface area (Å²) in [5.74, 6) is 0.549. The molecular weight excluding hydrogens is 168 g/mol. The van der Waals surface area contributed by atoms with Crippen molar-refractivity contribution < 1.29 is 4.79 Å². The van der Waals surface area contributed by atoms with Crippen LogP contribution in [-0.4, -0.2) is 23.2 Å². The lowest BCUT2D eigenvalue weighted by Gasteiger charge is -2.16. The van der Waals surface area contributed by atoms with Gasteiger partial charge in [0.05, 0.1) is 5.57 Å². The monoisotopic (exact) mass is 178 g/mol. The van der Waals surface area contributed by atoms with E-state index in [-0.39, 0.29) is 5.78 Å². The van der Waals surface area contributed by atoms with Crippen LogP contribution in [0.15, 0.2) is 28.7 Å². The summed E-state index contributed by atoms with van der Waals surface area (Å²) in [5.41, 5.74) is 9.13. The fourth-order valence-corrected chi connectivity index (χ4v) is 1.40. The average molecular weight is 178 g/mol. The van der Waals surface area contributed by atoms with Crippen molar-refractivity contribution in [1.82, 2.24) is 10.4 Å². The van der Waals surface area contributed by atoms with Gasteiger partial charge in [0, 0.05) is 12.4 Å². The number of nitrogens with two attached hydrogens (primary N) is 1. The van der Waals surface area contributed by atoms with Crippen LogP contribution in [0.25, 0.3) is 0 Å². The number of Topliss-reactive ketones (excluding diaryl/α,β-unsaturated/α-hetero) is 1. The van der Waals surface area contributed by atoms with Gasteiger partial charge in [-0.25, -0.2) is 10.4 Å². The highest BCUT2D eigenvalue weighted by Gasteiger charge is 2.30. The van der Waals surface area contributed by atoms with Crippen LogP contribution in [0.4, 0.5) is 0 Å². The Balaban J connectivity index is 2.45. The molecule has 2 heterocycles. The SMILES string of the molecule is CC(=O)C1=C2N=CC=CN2NC1N. The van der Waals surface area contributed by atoms with E-state index in [0.29, 0.717) is 11.4 Å². The molecule has 0 aromatic rings. The molecular formula is C8H10N4O. The summed E-state index contributed by atoms with van der Waals surface area (Å²) in [6.07, 6.45) is 4.73. The van der Waals surface area contributed by atoms with Gasteiger partial charge in [0.2, 0.25) is 0 Å². The zero-order chi connectivity index (χ0) is 9.42. The van der Waals surface area contributed by atoms with Gasteiger partial charge in [0.1, 0.15) is 6.17 Å². The number of hydrogen-bond donors (Lipinski definition) is 2. The highest BCUT2D eigenvalue weighted by molar-refractivity contribution is 5.96. The minimum atomic E-state index is -0.451. The molecule has 2 rings (SSSR count). The number of allylic oxidation sites excluding steroid dienone is 1. The summed E-state index contributed by atoms with van der Waals surface area (Å²) in [7, 11) is 0. The molecule has 13 heavy (non-hydrogen) atoms. The summed E-state index contributed by atoms with van der Waals surface area (Å²) in [4.78, 5) is 15.3. The lowest BCUT2D eigenvalue weighted by atomic mass is 10.1. The topological polar surface area (TPSA) is 70.7 Å². The fraction of sp³-hybridized carbons (Fsp3) is 0.250. The minimum Gasteiger partial charge on any atom is -0.311 e. The summed E-state index contributed by atoms with van der Waals surface area (Å²) in [6, 6.07) is 0. The standard InChI is InChI=1S/C8H10N4O/c1-5(13)6-7(9)11-12-4-2-3-10-8(6)12/h2-4,7,11H,9H2,1H3. The normalized spacial score (nSPS) is 25.4. The van der Waals surface area contributed by atoms with Crippen LogP contribution in [-0.2, 0) is 4.79 Å². The molecule has 0 aromatic heterocycles. The molecule has 0 aromatic carbocycles. The number of nitrogens with one attached hydrogen (secondary N) is 1. The van der Waals surface area contributed by atoms with Crippen LogP contribution in [0.2, 0.25) is 0 Å². The van der Waals surface area contributed by atoms with Crippen LogP contribution in [0.3, 0.4) is 0 Å². The van der Waals surface area contributed by atoms with Crippen molar-refractivity contribution in [2.75, 3.05) is 0 Å². The Hall–Kier alpha value is -1.46. The fourth-order valence-electron chi connectivity index (χ4n) is 1.40. The van der Waals surface area contributed by atoms with Gasteiger partial charge in [0.25, 0.3) is 0 Å². The molecule has 0 spiro atoms. The van der Waals surface area contributed by atoms with Crippen LogP contribution < -0.4 is 11.2 Å². The number of ketones is 1. The summed E-state index contributed by atoms with van der Waals surface area (Å²) < 4.78 is 0. The third kappa shape index (κ3) is 1.18. The van der Waals surface area contributed by atoms with Crippen molar-refractivity contribution in [1.29, 1.82) is 0 Å². The molecule has 0 bridgehead atoms. The van der Waals surface area contributed by atoms with E-state index in [1.54, 1.807) is 23.5 Å². The second kappa shape index (κ2) is 2.79. The Kier molecular flexibility index (Phi) is 1.75. The van der Waals surface area contributed by atoms with Crippen LogP contribution in [0.1, 0.15) is 6.92 Å². The average Bonchev–Trinajstić information content (AvgIpc) is 2.39. The summed E-state index contributed by atoms with van der Waals surface area (Å²) >= 11 is 0. The first-order valence-electron chi connectivity index (χ1n) is 3.97. The second-order valence-corrected chi connectivity index (χ2v) is 2.89. The Morgan fingerprint density at radius 3 is 3.23 bits per heavy atom. The number of rotatable bonds is 1. The van der Waals surface area contributed by atoms with Gasteiger partial charge < -0.3 is 5.73 Å². The zero-order valence-electron chi connectivity index (χ0n) is 7.19. The third-order valence-corrected chi connectivity index (χ3v) is 1.96. The zero-order valence-corrected chi connectivity index (χ0v) is 7.19. The van der Waals surface area contributed by atoms with Crippen LogP contribution in [0.5, 0.6) is 0 Å². The molecule has 1 atom stereocenters. The van der Waals surface area contributed by atoms with E-state index in [1.807, 2.05) is 0 Å². The van der Waals surface area contributed by atoms with E-state index in [4.69, 9.17) is 5.73 Å². The Morgan fingerprint density at radius 2 is 2.54 bits per heavy atom. The van der Waals surface area contributed by atoms with E-state index in [0.717, 1.165) is 0 Å². The lowest BCUT2D eigenvalue weighted by molar-refractivity contribution is -0.113. The molecule has 0 fully saturated rings. The van der Waals surface area contributed by atoms with Gasteiger partial charge in [-0.1, -0.05) is 0 Å². The van der Waals surface area contributed by atoms with E-state index >= 15 is 0 Å². The lowest BCUT2D eigenvalue weighted by Crippen LogP contribution is -2.41. The van der Waals surface area contributed by atoms with Gasteiger partial charge in [-0.3, -0.25) is 9.80 Å². The number of nitrogens with zero attached hydrogens (tertiary/aromatic N) is 2. The van der Waals surface area contributed by atoms with Gasteiger partial charge in [-0.2, -0.15) is 0 Å². The molecule has 68 valence electrons. The predicted molar refractivity (Wildman–Crippen MR) is 48.3 cm³/mol. The summed E-state index contributed by atoms with van der Waals surface area (Å²) in [6.45, 7) is 1.49. The van der Waals surface area contributed by atoms with E-state index in [2.05, 4.69) is 10.4 Å². The molecule has 5 heteroatoms. The maximum Gasteiger partial charge on any atom is 0.162 e. The molecule has 0 saturated carbocycles. The molecule has 1 unspecified atom stereocenters. The van der Waals surface area contributed by atoms with Gasteiger partial charge in [-0.05, 0) is 13.0 Å². The number of aliphatic imine (C=N–C) groups is 1. The maximum atomic E-state index is 11.2. The van der Waals surface area contributed by atoms with Crippen LogP contribution in [0, 0.1) is 0 Å². The Bertz CT molecular complexity index is 342. The molecule has 0 radical (unpaired) electrons. The molecule has 0 aliphatic carbocycles. The smallest absolute Gasteiger partial charge is 0.162 e. The molecule has 5 nitrogen and oxygen atoms in total. The molecule has 0 amide bonds. The van der Waals surface area contributed by atoms with Gasteiger partial charge in [-0.15, -0.1) is 0 Å². The highest BCUT2D eigenvalue weighted by Crippen LogP contribution is 2.21. The quantitative estimate of drug-likeness (QED) is 0.567. The van der Waals surface area contributed by atoms with Crippen molar-refractivity contribution in [3.63, 3.8) is 0 Å². The van der Waals surface area contributed by atoms with Crippen molar-refractivity contribution in [2.45, 2.75) is 13.1 Å². The van der Waals surface area contributed by atoms with Crippen molar-refractivity contribution in [3.8, 4) is 0 Å². The first-order valence-corrected chi connectivity index (χ1v) is 3.97. The van der Waals surface area contributed by atoms with Crippen molar-refractivity contribution >= 4 is 12.0 Å². The summed E-state index contributed by atoms with van der Waals surface area (Å²) in [5, 5.41) is 1.65. The first-order chi connectivity index (χ1) is 6.20. The Morgan fingerprint density at radius 1 is 1.77 bits per heavy atom. The van der Waals surface area contributed by atoms with Crippen LogP contribution >= 0.6 is 0 Å². The maximum absolute atomic E-state index is 11.2. The molecule has 0 saturated heterocycles. The highest BCUT2D eigenvalue weighted by atomic mass is 16.1.